The van der Waals surface area contributed by atoms with E-state index in [9.17, 15) is 0 Å². The molecule has 0 aliphatic carbocycles. The molecule has 0 aromatic carbocycles. The fraction of sp³-hybridized carbons (Fsp3) is 0. The molecule has 0 fully saturated rings. The number of hydrogen-bond acceptors (Lipinski definition) is 3. The summed E-state index contributed by atoms with van der Waals surface area (Å²) in [6, 6.07) is 0. The monoisotopic (exact) mass is 111 g/mol. The molecule has 0 aliphatic heterocycles. The molecule has 0 bridgehead atoms. The van der Waals surface area contributed by atoms with Crippen LogP contribution in [0.1, 0.15) is 5.69 Å². The molecule has 0 radical (unpaired) electrons. The number of nitrogens with one attached hydrogen (secondary N) is 1. The molecule has 1 aromatic heterocycles. The SMILES string of the molecule is O/N=C/c1cnc[nH]1. The molecule has 0 aliphatic rings. The van der Waals surface area contributed by atoms with E-state index in [-0.39, 0.29) is 0 Å². The van der Waals surface area contributed by atoms with Crippen molar-refractivity contribution in [2.24, 2.45) is 5.16 Å². The Bertz CT molecular complexity index is 167. The first-order chi connectivity index (χ1) is 3.93. The molecule has 0 saturated heterocycles. The minimum absolute atomic E-state index is 0.688. The number of hydrogen-bond donors (Lipinski definition) is 2. The van der Waals surface area contributed by atoms with E-state index in [0.717, 1.165) is 0 Å². The number of aromatic amines is 1. The van der Waals surface area contributed by atoms with Gasteiger partial charge in [-0.2, -0.15) is 0 Å². The topological polar surface area (TPSA) is 61.3 Å². The summed E-state index contributed by atoms with van der Waals surface area (Å²) in [6.07, 6.45) is 4.34. The summed E-state index contributed by atoms with van der Waals surface area (Å²) in [4.78, 5) is 6.40. The van der Waals surface area contributed by atoms with Crippen LogP contribution in [0.5, 0.6) is 0 Å². The first-order valence-corrected chi connectivity index (χ1v) is 2.09. The number of H-pyrrole nitrogens is 1. The van der Waals surface area contributed by atoms with E-state index >= 15 is 0 Å². The van der Waals surface area contributed by atoms with Gasteiger partial charge >= 0.3 is 0 Å². The second-order valence-corrected chi connectivity index (χ2v) is 1.25. The summed E-state index contributed by atoms with van der Waals surface area (Å²) in [5.41, 5.74) is 0.688. The third-order valence-electron chi connectivity index (χ3n) is 0.716. The van der Waals surface area contributed by atoms with Crippen LogP contribution in [0.15, 0.2) is 17.7 Å². The van der Waals surface area contributed by atoms with Crippen LogP contribution in [0.2, 0.25) is 0 Å². The van der Waals surface area contributed by atoms with Gasteiger partial charge in [0, 0.05) is 0 Å². The van der Waals surface area contributed by atoms with Crippen LogP contribution in [0.3, 0.4) is 0 Å². The molecular formula is C4H5N3O. The Hall–Kier alpha value is -1.32. The molecule has 1 rings (SSSR count). The summed E-state index contributed by atoms with van der Waals surface area (Å²) in [6.45, 7) is 0. The minimum Gasteiger partial charge on any atom is -0.411 e. The van der Waals surface area contributed by atoms with Crippen LogP contribution in [0.25, 0.3) is 0 Å². The van der Waals surface area contributed by atoms with E-state index in [4.69, 9.17) is 5.21 Å². The third-order valence-corrected chi connectivity index (χ3v) is 0.716. The standard InChI is InChI=1S/C4H5N3O/c8-7-2-4-1-5-3-6-4/h1-3,8H,(H,5,6)/b7-2+. The van der Waals surface area contributed by atoms with Gasteiger partial charge in [0.1, 0.15) is 0 Å². The summed E-state index contributed by atoms with van der Waals surface area (Å²) >= 11 is 0. The van der Waals surface area contributed by atoms with Crippen LogP contribution < -0.4 is 0 Å². The third kappa shape index (κ3) is 0.841. The van der Waals surface area contributed by atoms with E-state index in [1.54, 1.807) is 6.20 Å². The predicted molar refractivity (Wildman–Crippen MR) is 28.0 cm³/mol. The fourth-order valence-electron chi connectivity index (χ4n) is 0.399. The van der Waals surface area contributed by atoms with Crippen molar-refractivity contribution >= 4 is 6.21 Å². The molecule has 0 saturated carbocycles. The van der Waals surface area contributed by atoms with Gasteiger partial charge in [0.2, 0.25) is 0 Å². The van der Waals surface area contributed by atoms with Gasteiger partial charge in [-0.3, -0.25) is 0 Å². The number of aromatic nitrogens is 2. The number of nitrogens with zero attached hydrogens (tertiary/aromatic N) is 2. The first kappa shape index (κ1) is 4.83. The zero-order valence-electron chi connectivity index (χ0n) is 4.07. The lowest BCUT2D eigenvalue weighted by atomic mass is 10.5. The molecule has 4 heteroatoms. The van der Waals surface area contributed by atoms with Gasteiger partial charge in [-0.15, -0.1) is 0 Å². The van der Waals surface area contributed by atoms with E-state index in [1.165, 1.54) is 12.5 Å². The lowest BCUT2D eigenvalue weighted by Crippen LogP contribution is -1.76. The van der Waals surface area contributed by atoms with Gasteiger partial charge in [0.05, 0.1) is 24.4 Å². The molecule has 0 atom stereocenters. The van der Waals surface area contributed by atoms with Gasteiger partial charge < -0.3 is 10.2 Å². The van der Waals surface area contributed by atoms with Gasteiger partial charge in [0.15, 0.2) is 0 Å². The molecule has 8 heavy (non-hydrogen) atoms. The van der Waals surface area contributed by atoms with Crippen LogP contribution in [0.4, 0.5) is 0 Å². The Labute approximate surface area is 45.9 Å². The van der Waals surface area contributed by atoms with E-state index < -0.39 is 0 Å². The number of oxime groups is 1. The highest BCUT2D eigenvalue weighted by atomic mass is 16.4. The summed E-state index contributed by atoms with van der Waals surface area (Å²) in [5.74, 6) is 0. The Morgan fingerprint density at radius 1 is 1.88 bits per heavy atom. The van der Waals surface area contributed by atoms with Crippen molar-refractivity contribution in [1.82, 2.24) is 9.97 Å². The maximum atomic E-state index is 7.96. The van der Waals surface area contributed by atoms with Gasteiger partial charge in [-0.25, -0.2) is 4.98 Å². The van der Waals surface area contributed by atoms with Crippen molar-refractivity contribution in [2.75, 3.05) is 0 Å². The number of imidazole rings is 1. The molecule has 0 spiro atoms. The van der Waals surface area contributed by atoms with E-state index in [1.807, 2.05) is 0 Å². The van der Waals surface area contributed by atoms with E-state index in [2.05, 4.69) is 15.1 Å². The van der Waals surface area contributed by atoms with Gasteiger partial charge in [-0.05, 0) is 0 Å². The van der Waals surface area contributed by atoms with Gasteiger partial charge in [0.25, 0.3) is 0 Å². The predicted octanol–water partition coefficient (Wildman–Crippen LogP) is 0.218. The Morgan fingerprint density at radius 2 is 2.75 bits per heavy atom. The lowest BCUT2D eigenvalue weighted by Gasteiger charge is -1.74. The molecule has 0 amide bonds. The molecule has 2 N–H and O–H groups in total. The second kappa shape index (κ2) is 2.11. The quantitative estimate of drug-likeness (QED) is 0.309. The highest BCUT2D eigenvalue weighted by Crippen LogP contribution is 1.82. The highest BCUT2D eigenvalue weighted by molar-refractivity contribution is 5.75. The Kier molecular flexibility index (Phi) is 1.27. The smallest absolute Gasteiger partial charge is 0.0924 e. The lowest BCUT2D eigenvalue weighted by molar-refractivity contribution is 0.321. The molecule has 1 heterocycles. The van der Waals surface area contributed by atoms with Crippen molar-refractivity contribution in [3.05, 3.63) is 18.2 Å². The first-order valence-electron chi connectivity index (χ1n) is 2.09. The van der Waals surface area contributed by atoms with Crippen molar-refractivity contribution in [2.45, 2.75) is 0 Å². The Morgan fingerprint density at radius 3 is 3.25 bits per heavy atom. The summed E-state index contributed by atoms with van der Waals surface area (Å²) < 4.78 is 0. The largest absolute Gasteiger partial charge is 0.411 e. The van der Waals surface area contributed by atoms with Crippen molar-refractivity contribution in [1.29, 1.82) is 0 Å². The minimum atomic E-state index is 0.688. The molecule has 4 nitrogen and oxygen atoms in total. The van der Waals surface area contributed by atoms with E-state index in [0.29, 0.717) is 5.69 Å². The maximum Gasteiger partial charge on any atom is 0.0924 e. The molecular weight excluding hydrogens is 106 g/mol. The maximum absolute atomic E-state index is 7.96. The molecule has 1 aromatic rings. The number of rotatable bonds is 1. The highest BCUT2D eigenvalue weighted by Gasteiger charge is 1.82. The van der Waals surface area contributed by atoms with Crippen molar-refractivity contribution < 1.29 is 5.21 Å². The normalized spacial score (nSPS) is 10.5. The average Bonchev–Trinajstić information content (AvgIpc) is 2.19. The second-order valence-electron chi connectivity index (χ2n) is 1.25. The van der Waals surface area contributed by atoms with Gasteiger partial charge in [-0.1, -0.05) is 5.16 Å². The summed E-state index contributed by atoms with van der Waals surface area (Å²) in [7, 11) is 0. The summed E-state index contributed by atoms with van der Waals surface area (Å²) in [5, 5.41) is 10.7. The van der Waals surface area contributed by atoms with Crippen molar-refractivity contribution in [3.8, 4) is 0 Å². The zero-order valence-corrected chi connectivity index (χ0v) is 4.07. The van der Waals surface area contributed by atoms with Crippen molar-refractivity contribution in [3.63, 3.8) is 0 Å². The molecule has 0 unspecified atom stereocenters. The van der Waals surface area contributed by atoms with Crippen LogP contribution in [-0.2, 0) is 0 Å². The van der Waals surface area contributed by atoms with Crippen LogP contribution in [0, 0.1) is 0 Å². The average molecular weight is 111 g/mol. The van der Waals surface area contributed by atoms with Crippen LogP contribution >= 0.6 is 0 Å². The van der Waals surface area contributed by atoms with Crippen LogP contribution in [-0.4, -0.2) is 21.4 Å². The molecule has 42 valence electrons. The fourth-order valence-corrected chi connectivity index (χ4v) is 0.399. The zero-order chi connectivity index (χ0) is 5.82. The Balaban J connectivity index is 2.77.